The van der Waals surface area contributed by atoms with Crippen LogP contribution < -0.4 is 4.90 Å². The van der Waals surface area contributed by atoms with Gasteiger partial charge < -0.3 is 9.32 Å². The lowest BCUT2D eigenvalue weighted by molar-refractivity contribution is 0.672. The van der Waals surface area contributed by atoms with E-state index in [1.165, 1.54) is 0 Å². The van der Waals surface area contributed by atoms with Crippen molar-refractivity contribution < 1.29 is 4.42 Å². The van der Waals surface area contributed by atoms with Gasteiger partial charge in [0.25, 0.3) is 0 Å². The standard InChI is InChI=1S/C50H33N3O/c1-5-16-34(17-6-1)46-33-47(35-18-7-2-8-19-35)52-50(51-46)37-28-29-48-44(31-37)45-32-43(41-26-13-14-27-42(41)49(45)54-48)36-20-15-25-40(30-36)53(38-21-9-3-10-22-38)39-23-11-4-12-24-39/h1-33H. The molecule has 0 aliphatic carbocycles. The van der Waals surface area contributed by atoms with E-state index in [0.29, 0.717) is 5.82 Å². The number of nitrogens with zero attached hydrogens (tertiary/aromatic N) is 3. The summed E-state index contributed by atoms with van der Waals surface area (Å²) in [5.41, 5.74) is 12.0. The summed E-state index contributed by atoms with van der Waals surface area (Å²) < 4.78 is 6.66. The van der Waals surface area contributed by atoms with E-state index in [1.807, 2.05) is 36.4 Å². The highest BCUT2D eigenvalue weighted by molar-refractivity contribution is 6.19. The molecule has 0 saturated heterocycles. The van der Waals surface area contributed by atoms with Crippen LogP contribution >= 0.6 is 0 Å². The van der Waals surface area contributed by atoms with E-state index in [2.05, 4.69) is 169 Å². The van der Waals surface area contributed by atoms with Crippen LogP contribution in [0.5, 0.6) is 0 Å². The number of rotatable bonds is 7. The molecular formula is C50H33N3O. The number of aromatic nitrogens is 2. The SMILES string of the molecule is c1ccc(-c2cc(-c3ccccc3)nc(-c3ccc4oc5c6ccccc6c(-c6cccc(N(c7ccccc7)c7ccccc7)c6)cc5c4c3)n2)cc1. The quantitative estimate of drug-likeness (QED) is 0.167. The van der Waals surface area contributed by atoms with Gasteiger partial charge in [0.15, 0.2) is 5.82 Å². The lowest BCUT2D eigenvalue weighted by Gasteiger charge is -2.26. The van der Waals surface area contributed by atoms with Crippen molar-refractivity contribution in [1.82, 2.24) is 9.97 Å². The monoisotopic (exact) mass is 691 g/mol. The molecule has 54 heavy (non-hydrogen) atoms. The van der Waals surface area contributed by atoms with E-state index in [9.17, 15) is 0 Å². The smallest absolute Gasteiger partial charge is 0.160 e. The molecule has 0 radical (unpaired) electrons. The van der Waals surface area contributed by atoms with Gasteiger partial charge >= 0.3 is 0 Å². The zero-order chi connectivity index (χ0) is 35.8. The molecule has 10 rings (SSSR count). The molecule has 4 nitrogen and oxygen atoms in total. The lowest BCUT2D eigenvalue weighted by atomic mass is 9.94. The highest BCUT2D eigenvalue weighted by Crippen LogP contribution is 2.43. The first kappa shape index (κ1) is 31.4. The van der Waals surface area contributed by atoms with Crippen LogP contribution in [0.15, 0.2) is 205 Å². The molecule has 0 unspecified atom stereocenters. The summed E-state index contributed by atoms with van der Waals surface area (Å²) in [5.74, 6) is 0.669. The fourth-order valence-corrected chi connectivity index (χ4v) is 7.48. The van der Waals surface area contributed by atoms with Crippen LogP contribution in [0.4, 0.5) is 17.1 Å². The Bertz CT molecular complexity index is 2830. The minimum Gasteiger partial charge on any atom is -0.455 e. The van der Waals surface area contributed by atoms with Crippen molar-refractivity contribution in [2.45, 2.75) is 0 Å². The fourth-order valence-electron chi connectivity index (χ4n) is 7.48. The second kappa shape index (κ2) is 13.4. The number of anilines is 3. The Kier molecular flexibility index (Phi) is 7.77. The van der Waals surface area contributed by atoms with Crippen LogP contribution in [0.25, 0.3) is 77.7 Å². The predicted molar refractivity (Wildman–Crippen MR) is 223 cm³/mol. The Labute approximate surface area is 313 Å². The maximum absolute atomic E-state index is 6.66. The number of furan rings is 1. The largest absolute Gasteiger partial charge is 0.455 e. The summed E-state index contributed by atoms with van der Waals surface area (Å²) in [6.07, 6.45) is 0. The Morgan fingerprint density at radius 2 is 0.889 bits per heavy atom. The summed E-state index contributed by atoms with van der Waals surface area (Å²) in [5, 5.41) is 4.29. The maximum atomic E-state index is 6.66. The summed E-state index contributed by atoms with van der Waals surface area (Å²) in [6.45, 7) is 0. The number of hydrogen-bond donors (Lipinski definition) is 0. The molecule has 10 aromatic rings. The number of para-hydroxylation sites is 2. The van der Waals surface area contributed by atoms with Gasteiger partial charge in [-0.25, -0.2) is 9.97 Å². The van der Waals surface area contributed by atoms with Gasteiger partial charge in [-0.2, -0.15) is 0 Å². The molecule has 2 aromatic heterocycles. The fraction of sp³-hybridized carbons (Fsp3) is 0. The molecule has 0 fully saturated rings. The molecule has 0 aliphatic rings. The van der Waals surface area contributed by atoms with Crippen molar-refractivity contribution >= 4 is 49.8 Å². The van der Waals surface area contributed by atoms with Crippen LogP contribution in [0.1, 0.15) is 0 Å². The average Bonchev–Trinajstić information content (AvgIpc) is 3.63. The molecule has 0 N–H and O–H groups in total. The zero-order valence-electron chi connectivity index (χ0n) is 29.3. The van der Waals surface area contributed by atoms with Crippen LogP contribution in [0.3, 0.4) is 0 Å². The summed E-state index contributed by atoms with van der Waals surface area (Å²) in [6, 6.07) is 69.7. The molecule has 2 heterocycles. The number of hydrogen-bond acceptors (Lipinski definition) is 4. The second-order valence-electron chi connectivity index (χ2n) is 13.4. The van der Waals surface area contributed by atoms with Gasteiger partial charge in [-0.05, 0) is 83.2 Å². The van der Waals surface area contributed by atoms with Crippen molar-refractivity contribution in [3.63, 3.8) is 0 Å². The van der Waals surface area contributed by atoms with Crippen molar-refractivity contribution in [1.29, 1.82) is 0 Å². The van der Waals surface area contributed by atoms with Gasteiger partial charge in [0.1, 0.15) is 11.2 Å². The Morgan fingerprint density at radius 1 is 0.352 bits per heavy atom. The maximum Gasteiger partial charge on any atom is 0.160 e. The molecule has 0 atom stereocenters. The highest BCUT2D eigenvalue weighted by atomic mass is 16.3. The molecule has 0 aliphatic heterocycles. The van der Waals surface area contributed by atoms with Crippen LogP contribution in [-0.4, -0.2) is 9.97 Å². The van der Waals surface area contributed by atoms with Gasteiger partial charge in [-0.15, -0.1) is 0 Å². The van der Waals surface area contributed by atoms with E-state index >= 15 is 0 Å². The van der Waals surface area contributed by atoms with Crippen molar-refractivity contribution in [3.05, 3.63) is 200 Å². The lowest BCUT2D eigenvalue weighted by Crippen LogP contribution is -2.09. The van der Waals surface area contributed by atoms with Crippen LogP contribution in [0.2, 0.25) is 0 Å². The highest BCUT2D eigenvalue weighted by Gasteiger charge is 2.19. The molecule has 4 heteroatoms. The first-order valence-electron chi connectivity index (χ1n) is 18.2. The Hall–Kier alpha value is -7.30. The van der Waals surface area contributed by atoms with Gasteiger partial charge in [0.05, 0.1) is 11.4 Å². The molecule has 0 bridgehead atoms. The van der Waals surface area contributed by atoms with Gasteiger partial charge in [0.2, 0.25) is 0 Å². The van der Waals surface area contributed by atoms with Crippen LogP contribution in [0, 0.1) is 0 Å². The van der Waals surface area contributed by atoms with Gasteiger partial charge in [-0.1, -0.05) is 133 Å². The molecule has 0 amide bonds. The summed E-state index contributed by atoms with van der Waals surface area (Å²) in [4.78, 5) is 12.5. The zero-order valence-corrected chi connectivity index (χ0v) is 29.3. The molecule has 0 spiro atoms. The minimum absolute atomic E-state index is 0.669. The Morgan fingerprint density at radius 3 is 1.52 bits per heavy atom. The van der Waals surface area contributed by atoms with E-state index < -0.39 is 0 Å². The van der Waals surface area contributed by atoms with Crippen LogP contribution in [-0.2, 0) is 0 Å². The Balaban J connectivity index is 1.15. The third-order valence-electron chi connectivity index (χ3n) is 10.0. The van der Waals surface area contributed by atoms with E-state index in [0.717, 1.165) is 89.0 Å². The normalized spacial score (nSPS) is 11.3. The van der Waals surface area contributed by atoms with E-state index in [1.54, 1.807) is 0 Å². The minimum atomic E-state index is 0.669. The first-order valence-corrected chi connectivity index (χ1v) is 18.2. The van der Waals surface area contributed by atoms with E-state index in [-0.39, 0.29) is 0 Å². The third kappa shape index (κ3) is 5.67. The molecule has 0 saturated carbocycles. The number of benzene rings is 8. The van der Waals surface area contributed by atoms with Crippen molar-refractivity contribution in [2.75, 3.05) is 4.90 Å². The summed E-state index contributed by atoms with van der Waals surface area (Å²) in [7, 11) is 0. The predicted octanol–water partition coefficient (Wildman–Crippen LogP) is 13.7. The second-order valence-corrected chi connectivity index (χ2v) is 13.4. The topological polar surface area (TPSA) is 42.2 Å². The van der Waals surface area contributed by atoms with Crippen molar-refractivity contribution in [3.8, 4) is 45.0 Å². The third-order valence-corrected chi connectivity index (χ3v) is 10.0. The molecule has 254 valence electrons. The van der Waals surface area contributed by atoms with Gasteiger partial charge in [0, 0.05) is 49.9 Å². The summed E-state index contributed by atoms with van der Waals surface area (Å²) >= 11 is 0. The average molecular weight is 692 g/mol. The van der Waals surface area contributed by atoms with Gasteiger partial charge in [-0.3, -0.25) is 0 Å². The first-order chi connectivity index (χ1) is 26.8. The molecule has 8 aromatic carbocycles. The van der Waals surface area contributed by atoms with E-state index in [4.69, 9.17) is 14.4 Å². The number of fused-ring (bicyclic) bond motifs is 5. The molecular weight excluding hydrogens is 659 g/mol. The van der Waals surface area contributed by atoms with Crippen molar-refractivity contribution in [2.24, 2.45) is 0 Å².